The van der Waals surface area contributed by atoms with E-state index in [1.54, 1.807) is 48.5 Å². The SMILES string of the molecule is COC(=O)c1ccc(COc2c(-c3ccco3)oc3cc(C)ccc3c2=O)cc1. The minimum atomic E-state index is -0.414. The Morgan fingerprint density at radius 1 is 1.07 bits per heavy atom. The topological polar surface area (TPSA) is 78.9 Å². The minimum Gasteiger partial charge on any atom is -0.481 e. The fourth-order valence-corrected chi connectivity index (χ4v) is 2.99. The standard InChI is InChI=1S/C23H18O6/c1-14-5-10-17-19(12-14)29-21(18-4-3-11-27-18)22(20(17)24)28-13-15-6-8-16(9-7-15)23(25)26-2/h3-12H,13H2,1-2H3. The predicted molar refractivity (Wildman–Crippen MR) is 107 cm³/mol. The van der Waals surface area contributed by atoms with Crippen LogP contribution in [0.4, 0.5) is 0 Å². The van der Waals surface area contributed by atoms with Gasteiger partial charge in [0.1, 0.15) is 12.2 Å². The van der Waals surface area contributed by atoms with Crippen LogP contribution >= 0.6 is 0 Å². The van der Waals surface area contributed by atoms with Crippen LogP contribution in [0.2, 0.25) is 0 Å². The van der Waals surface area contributed by atoms with E-state index in [9.17, 15) is 9.59 Å². The molecule has 0 spiro atoms. The van der Waals surface area contributed by atoms with Crippen LogP contribution in [0.3, 0.4) is 0 Å². The van der Waals surface area contributed by atoms with Gasteiger partial charge in [-0.3, -0.25) is 4.79 Å². The Kier molecular flexibility index (Phi) is 4.91. The molecule has 4 aromatic rings. The van der Waals surface area contributed by atoms with E-state index in [0.29, 0.717) is 22.3 Å². The molecule has 0 aliphatic heterocycles. The van der Waals surface area contributed by atoms with Crippen molar-refractivity contribution < 1.29 is 23.1 Å². The average molecular weight is 390 g/mol. The largest absolute Gasteiger partial charge is 0.481 e. The summed E-state index contributed by atoms with van der Waals surface area (Å²) in [7, 11) is 1.33. The van der Waals surface area contributed by atoms with Gasteiger partial charge in [0.05, 0.1) is 24.3 Å². The summed E-state index contributed by atoms with van der Waals surface area (Å²) in [6.45, 7) is 2.05. The number of ether oxygens (including phenoxy) is 2. The van der Waals surface area contributed by atoms with Gasteiger partial charge in [-0.2, -0.15) is 0 Å². The molecule has 0 saturated carbocycles. The molecular formula is C23H18O6. The lowest BCUT2D eigenvalue weighted by molar-refractivity contribution is 0.0600. The molecule has 0 amide bonds. The van der Waals surface area contributed by atoms with Crippen molar-refractivity contribution in [2.24, 2.45) is 0 Å². The predicted octanol–water partition coefficient (Wildman–Crippen LogP) is 4.73. The van der Waals surface area contributed by atoms with Crippen molar-refractivity contribution in [1.29, 1.82) is 0 Å². The lowest BCUT2D eigenvalue weighted by Crippen LogP contribution is -2.10. The van der Waals surface area contributed by atoms with Gasteiger partial charge in [-0.15, -0.1) is 0 Å². The van der Waals surface area contributed by atoms with Crippen molar-refractivity contribution in [2.45, 2.75) is 13.5 Å². The van der Waals surface area contributed by atoms with Crippen molar-refractivity contribution in [3.8, 4) is 17.3 Å². The van der Waals surface area contributed by atoms with Gasteiger partial charge in [-0.1, -0.05) is 18.2 Å². The molecule has 4 rings (SSSR count). The van der Waals surface area contributed by atoms with Crippen molar-refractivity contribution >= 4 is 16.9 Å². The fourth-order valence-electron chi connectivity index (χ4n) is 2.99. The summed E-state index contributed by atoms with van der Waals surface area (Å²) in [4.78, 5) is 24.6. The summed E-state index contributed by atoms with van der Waals surface area (Å²) in [6, 6.07) is 15.6. The van der Waals surface area contributed by atoms with Crippen LogP contribution in [0.5, 0.6) is 5.75 Å². The molecule has 0 radical (unpaired) electrons. The van der Waals surface area contributed by atoms with E-state index in [0.717, 1.165) is 11.1 Å². The molecule has 2 heterocycles. The van der Waals surface area contributed by atoms with Crippen LogP contribution < -0.4 is 10.2 Å². The third-order valence-corrected chi connectivity index (χ3v) is 4.51. The number of hydrogen-bond acceptors (Lipinski definition) is 6. The Bertz CT molecular complexity index is 1220. The zero-order chi connectivity index (χ0) is 20.4. The Morgan fingerprint density at radius 3 is 2.55 bits per heavy atom. The maximum Gasteiger partial charge on any atom is 0.337 e. The summed E-state index contributed by atoms with van der Waals surface area (Å²) in [5.74, 6) is 0.308. The van der Waals surface area contributed by atoms with Gasteiger partial charge in [0.2, 0.25) is 16.9 Å². The number of fused-ring (bicyclic) bond motifs is 1. The van der Waals surface area contributed by atoms with E-state index in [1.165, 1.54) is 13.4 Å². The van der Waals surface area contributed by atoms with Gasteiger partial charge < -0.3 is 18.3 Å². The van der Waals surface area contributed by atoms with E-state index in [-0.39, 0.29) is 23.5 Å². The van der Waals surface area contributed by atoms with Gasteiger partial charge in [-0.05, 0) is 54.4 Å². The molecule has 2 aromatic heterocycles. The lowest BCUT2D eigenvalue weighted by atomic mass is 10.1. The molecule has 0 fully saturated rings. The molecule has 146 valence electrons. The second-order valence-electron chi connectivity index (χ2n) is 6.54. The summed E-state index contributed by atoms with van der Waals surface area (Å²) in [5, 5.41) is 0.432. The zero-order valence-electron chi connectivity index (χ0n) is 15.9. The second-order valence-corrected chi connectivity index (χ2v) is 6.54. The number of benzene rings is 2. The first-order valence-electron chi connectivity index (χ1n) is 8.98. The third kappa shape index (κ3) is 3.65. The molecule has 0 aliphatic rings. The number of carbonyl (C=O) groups excluding carboxylic acids is 1. The Morgan fingerprint density at radius 2 is 1.86 bits per heavy atom. The number of aryl methyl sites for hydroxylation is 1. The summed E-state index contributed by atoms with van der Waals surface area (Å²) < 4.78 is 22.0. The van der Waals surface area contributed by atoms with E-state index in [2.05, 4.69) is 0 Å². The third-order valence-electron chi connectivity index (χ3n) is 4.51. The van der Waals surface area contributed by atoms with Gasteiger partial charge in [0.15, 0.2) is 5.76 Å². The van der Waals surface area contributed by atoms with Crippen LogP contribution in [0.1, 0.15) is 21.5 Å². The van der Waals surface area contributed by atoms with Crippen LogP contribution in [0.15, 0.2) is 74.5 Å². The van der Waals surface area contributed by atoms with E-state index in [4.69, 9.17) is 18.3 Å². The first-order valence-corrected chi connectivity index (χ1v) is 8.98. The fraction of sp³-hybridized carbons (Fsp3) is 0.130. The molecule has 0 aliphatic carbocycles. The molecule has 0 N–H and O–H groups in total. The summed E-state index contributed by atoms with van der Waals surface area (Å²) in [6.07, 6.45) is 1.51. The molecule has 2 aromatic carbocycles. The highest BCUT2D eigenvalue weighted by Crippen LogP contribution is 2.32. The van der Waals surface area contributed by atoms with Crippen LogP contribution in [0.25, 0.3) is 22.5 Å². The molecule has 6 heteroatoms. The number of rotatable bonds is 5. The maximum absolute atomic E-state index is 13.1. The van der Waals surface area contributed by atoms with Gasteiger partial charge in [-0.25, -0.2) is 4.79 Å². The molecular weight excluding hydrogens is 372 g/mol. The molecule has 6 nitrogen and oxygen atoms in total. The molecule has 0 atom stereocenters. The van der Waals surface area contributed by atoms with E-state index >= 15 is 0 Å². The van der Waals surface area contributed by atoms with E-state index in [1.807, 2.05) is 13.0 Å². The van der Waals surface area contributed by atoms with Crippen LogP contribution in [-0.2, 0) is 11.3 Å². The number of methoxy groups -OCH3 is 1. The highest BCUT2D eigenvalue weighted by molar-refractivity contribution is 5.89. The molecule has 0 unspecified atom stereocenters. The Hall–Kier alpha value is -3.80. The van der Waals surface area contributed by atoms with Crippen LogP contribution in [-0.4, -0.2) is 13.1 Å². The van der Waals surface area contributed by atoms with Crippen LogP contribution in [0, 0.1) is 6.92 Å². The number of hydrogen-bond donors (Lipinski definition) is 0. The maximum atomic E-state index is 13.1. The summed E-state index contributed by atoms with van der Waals surface area (Å²) >= 11 is 0. The monoisotopic (exact) mass is 390 g/mol. The van der Waals surface area contributed by atoms with Gasteiger partial charge >= 0.3 is 5.97 Å². The van der Waals surface area contributed by atoms with E-state index < -0.39 is 5.97 Å². The summed E-state index contributed by atoms with van der Waals surface area (Å²) in [5.41, 5.74) is 2.39. The quantitative estimate of drug-likeness (QED) is 0.459. The highest BCUT2D eigenvalue weighted by atomic mass is 16.5. The minimum absolute atomic E-state index is 0.0772. The van der Waals surface area contributed by atoms with Crippen molar-refractivity contribution in [2.75, 3.05) is 7.11 Å². The van der Waals surface area contributed by atoms with Crippen molar-refractivity contribution in [3.05, 3.63) is 87.8 Å². The number of esters is 1. The van der Waals surface area contributed by atoms with Crippen molar-refractivity contribution in [3.63, 3.8) is 0 Å². The molecule has 0 saturated heterocycles. The normalized spacial score (nSPS) is 10.8. The Labute approximate surface area is 166 Å². The molecule has 29 heavy (non-hydrogen) atoms. The van der Waals surface area contributed by atoms with Crippen molar-refractivity contribution in [1.82, 2.24) is 0 Å². The smallest absolute Gasteiger partial charge is 0.337 e. The van der Waals surface area contributed by atoms with Gasteiger partial charge in [0.25, 0.3) is 0 Å². The lowest BCUT2D eigenvalue weighted by Gasteiger charge is -2.11. The second kappa shape index (κ2) is 7.67. The van der Waals surface area contributed by atoms with Gasteiger partial charge in [0, 0.05) is 0 Å². The molecule has 0 bridgehead atoms. The average Bonchev–Trinajstić information content (AvgIpc) is 3.27. The number of carbonyl (C=O) groups is 1. The first kappa shape index (κ1) is 18.6. The number of furan rings is 1. The Balaban J connectivity index is 1.71. The first-order chi connectivity index (χ1) is 14.1. The zero-order valence-corrected chi connectivity index (χ0v) is 15.9. The highest BCUT2D eigenvalue weighted by Gasteiger charge is 2.20.